The summed E-state index contributed by atoms with van der Waals surface area (Å²) in [5, 5.41) is 0. The average molecular weight is 405 g/mol. The van der Waals surface area contributed by atoms with Crippen LogP contribution in [0.5, 0.6) is 0 Å². The molecule has 2 heterocycles. The third kappa shape index (κ3) is 3.98. The van der Waals surface area contributed by atoms with Gasteiger partial charge in [-0.15, -0.1) is 0 Å². The first-order chi connectivity index (χ1) is 13.2. The molecule has 1 N–H and O–H groups in total. The number of amides is 1. The van der Waals surface area contributed by atoms with Crippen LogP contribution in [0.15, 0.2) is 35.5 Å². The number of nitrogens with one attached hydrogen (secondary N) is 1. The smallest absolute Gasteiger partial charge is 0.240 e. The van der Waals surface area contributed by atoms with Crippen LogP contribution in [-0.4, -0.2) is 37.5 Å². The van der Waals surface area contributed by atoms with E-state index in [0.717, 1.165) is 30.0 Å². The van der Waals surface area contributed by atoms with Gasteiger partial charge in [0, 0.05) is 56.5 Å². The molecule has 1 amide bonds. The molecule has 0 radical (unpaired) electrons. The second-order valence-electron chi connectivity index (χ2n) is 7.83. The summed E-state index contributed by atoms with van der Waals surface area (Å²) in [4.78, 5) is 18.3. The van der Waals surface area contributed by atoms with E-state index in [-0.39, 0.29) is 10.8 Å². The van der Waals surface area contributed by atoms with Crippen molar-refractivity contribution in [2.75, 3.05) is 18.5 Å². The number of fused-ring (bicyclic) bond motifs is 1. The van der Waals surface area contributed by atoms with Crippen molar-refractivity contribution in [3.05, 3.63) is 42.0 Å². The zero-order valence-corrected chi connectivity index (χ0v) is 17.7. The number of aryl methyl sites for hydroxylation is 2. The Bertz CT molecular complexity index is 979. The quantitative estimate of drug-likeness (QED) is 0.719. The van der Waals surface area contributed by atoms with Crippen LogP contribution in [0.25, 0.3) is 0 Å². The van der Waals surface area contributed by atoms with Gasteiger partial charge < -0.3 is 9.47 Å². The summed E-state index contributed by atoms with van der Waals surface area (Å²) in [6, 6.07) is 4.99. The number of carbonyl (C=O) groups is 1. The Balaban J connectivity index is 1.71. The summed E-state index contributed by atoms with van der Waals surface area (Å²) in [5.41, 5.74) is 1.25. The minimum absolute atomic E-state index is 0.0391. The highest BCUT2D eigenvalue weighted by atomic mass is 32.2. The molecule has 1 aliphatic rings. The van der Waals surface area contributed by atoms with Crippen LogP contribution in [-0.2, 0) is 33.2 Å². The van der Waals surface area contributed by atoms with Gasteiger partial charge in [-0.1, -0.05) is 20.8 Å². The third-order valence-electron chi connectivity index (χ3n) is 5.32. The summed E-state index contributed by atoms with van der Waals surface area (Å²) in [7, 11) is -1.88. The molecule has 0 aliphatic carbocycles. The molecular weight excluding hydrogens is 376 g/mol. The molecule has 152 valence electrons. The Morgan fingerprint density at radius 3 is 2.75 bits per heavy atom. The Hall–Kier alpha value is -2.19. The fraction of sp³-hybridized carbons (Fsp3) is 0.500. The van der Waals surface area contributed by atoms with Crippen LogP contribution >= 0.6 is 0 Å². The Morgan fingerprint density at radius 2 is 2.04 bits per heavy atom. The molecule has 0 fully saturated rings. The van der Waals surface area contributed by atoms with E-state index < -0.39 is 15.4 Å². The van der Waals surface area contributed by atoms with E-state index in [4.69, 9.17) is 0 Å². The summed E-state index contributed by atoms with van der Waals surface area (Å²) in [6.45, 7) is 7.05. The van der Waals surface area contributed by atoms with Crippen LogP contribution in [0.2, 0.25) is 0 Å². The van der Waals surface area contributed by atoms with Crippen molar-refractivity contribution in [1.29, 1.82) is 0 Å². The Kier molecular flexibility index (Phi) is 5.63. The highest BCUT2D eigenvalue weighted by Gasteiger charge is 2.36. The second kappa shape index (κ2) is 7.67. The fourth-order valence-electron chi connectivity index (χ4n) is 3.64. The normalized spacial score (nSPS) is 16.3. The summed E-state index contributed by atoms with van der Waals surface area (Å²) < 4.78 is 30.2. The van der Waals surface area contributed by atoms with E-state index in [0.29, 0.717) is 19.4 Å². The zero-order valence-electron chi connectivity index (χ0n) is 16.9. The van der Waals surface area contributed by atoms with Gasteiger partial charge in [0.15, 0.2) is 0 Å². The van der Waals surface area contributed by atoms with Gasteiger partial charge in [0.1, 0.15) is 5.82 Å². The van der Waals surface area contributed by atoms with Crippen molar-refractivity contribution in [1.82, 2.24) is 14.3 Å². The zero-order chi connectivity index (χ0) is 20.5. The maximum atomic E-state index is 12.7. The van der Waals surface area contributed by atoms with E-state index in [1.165, 1.54) is 0 Å². The SMILES string of the molecule is CCc1nccn1CCCNS(=O)(=O)c1ccc2c(c1)C(C)(C)CC(=O)N2C. The maximum absolute atomic E-state index is 12.7. The van der Waals surface area contributed by atoms with Gasteiger partial charge >= 0.3 is 0 Å². The third-order valence-corrected chi connectivity index (χ3v) is 6.78. The molecule has 1 aromatic carbocycles. The molecule has 8 heteroatoms. The Labute approximate surface area is 166 Å². The van der Waals surface area contributed by atoms with Gasteiger partial charge in [-0.2, -0.15) is 0 Å². The lowest BCUT2D eigenvalue weighted by Gasteiger charge is -2.37. The van der Waals surface area contributed by atoms with E-state index in [2.05, 4.69) is 9.71 Å². The first kappa shape index (κ1) is 20.5. The number of imidazole rings is 1. The van der Waals surface area contributed by atoms with Crippen LogP contribution in [0.3, 0.4) is 0 Å². The summed E-state index contributed by atoms with van der Waals surface area (Å²) >= 11 is 0. The molecule has 1 aromatic heterocycles. The molecule has 0 unspecified atom stereocenters. The van der Waals surface area contributed by atoms with Crippen molar-refractivity contribution in [2.24, 2.45) is 0 Å². The van der Waals surface area contributed by atoms with Crippen LogP contribution in [0, 0.1) is 0 Å². The van der Waals surface area contributed by atoms with Crippen LogP contribution in [0.4, 0.5) is 5.69 Å². The van der Waals surface area contributed by atoms with Gasteiger partial charge in [-0.05, 0) is 30.2 Å². The van der Waals surface area contributed by atoms with Crippen molar-refractivity contribution < 1.29 is 13.2 Å². The van der Waals surface area contributed by atoms with Gasteiger partial charge in [-0.3, -0.25) is 4.79 Å². The molecule has 7 nitrogen and oxygen atoms in total. The standard InChI is InChI=1S/C20H28N4O3S/c1-5-18-21-10-12-24(18)11-6-9-22-28(26,27)15-7-8-17-16(13-15)20(2,3)14-19(25)23(17)4/h7-8,10,12-13,22H,5-6,9,11,14H2,1-4H3. The van der Waals surface area contributed by atoms with E-state index in [1.54, 1.807) is 36.3 Å². The first-order valence-electron chi connectivity index (χ1n) is 9.56. The van der Waals surface area contributed by atoms with Crippen molar-refractivity contribution in [3.8, 4) is 0 Å². The molecule has 1 aliphatic heterocycles. The maximum Gasteiger partial charge on any atom is 0.240 e. The van der Waals surface area contributed by atoms with Crippen LogP contribution < -0.4 is 9.62 Å². The highest BCUT2D eigenvalue weighted by molar-refractivity contribution is 7.89. The lowest BCUT2D eigenvalue weighted by Crippen LogP contribution is -2.39. The second-order valence-corrected chi connectivity index (χ2v) is 9.60. The molecule has 28 heavy (non-hydrogen) atoms. The predicted octanol–water partition coefficient (Wildman–Crippen LogP) is 2.46. The van der Waals surface area contributed by atoms with E-state index >= 15 is 0 Å². The number of benzene rings is 1. The number of rotatable bonds is 7. The molecular formula is C20H28N4O3S. The summed E-state index contributed by atoms with van der Waals surface area (Å²) in [5.74, 6) is 1.04. The fourth-order valence-corrected chi connectivity index (χ4v) is 4.74. The van der Waals surface area contributed by atoms with Gasteiger partial charge in [0.25, 0.3) is 0 Å². The molecule has 0 saturated carbocycles. The minimum atomic E-state index is -3.61. The van der Waals surface area contributed by atoms with E-state index in [1.807, 2.05) is 31.5 Å². The van der Waals surface area contributed by atoms with Crippen LogP contribution in [0.1, 0.15) is 45.0 Å². The molecule has 0 saturated heterocycles. The van der Waals surface area contributed by atoms with Gasteiger partial charge in [0.05, 0.1) is 4.90 Å². The lowest BCUT2D eigenvalue weighted by atomic mass is 9.77. The highest BCUT2D eigenvalue weighted by Crippen LogP contribution is 2.40. The van der Waals surface area contributed by atoms with Crippen molar-refractivity contribution in [3.63, 3.8) is 0 Å². The number of aromatic nitrogens is 2. The number of nitrogens with zero attached hydrogens (tertiary/aromatic N) is 3. The predicted molar refractivity (Wildman–Crippen MR) is 109 cm³/mol. The monoisotopic (exact) mass is 404 g/mol. The molecule has 0 spiro atoms. The lowest BCUT2D eigenvalue weighted by molar-refractivity contribution is -0.119. The van der Waals surface area contributed by atoms with Gasteiger partial charge in [-0.25, -0.2) is 18.1 Å². The number of carbonyl (C=O) groups excluding carboxylic acids is 1. The largest absolute Gasteiger partial charge is 0.335 e. The van der Waals surface area contributed by atoms with Crippen molar-refractivity contribution >= 4 is 21.6 Å². The molecule has 2 aromatic rings. The average Bonchev–Trinajstić information content (AvgIpc) is 3.10. The number of sulfonamides is 1. The summed E-state index contributed by atoms with van der Waals surface area (Å²) in [6.07, 6.45) is 5.56. The number of hydrogen-bond donors (Lipinski definition) is 1. The number of hydrogen-bond acceptors (Lipinski definition) is 4. The minimum Gasteiger partial charge on any atom is -0.335 e. The molecule has 0 atom stereocenters. The number of anilines is 1. The van der Waals surface area contributed by atoms with Gasteiger partial charge in [0.2, 0.25) is 15.9 Å². The first-order valence-corrected chi connectivity index (χ1v) is 11.0. The molecule has 0 bridgehead atoms. The van der Waals surface area contributed by atoms with Crippen molar-refractivity contribution in [2.45, 2.75) is 56.9 Å². The van der Waals surface area contributed by atoms with E-state index in [9.17, 15) is 13.2 Å². The molecule has 3 rings (SSSR count). The Morgan fingerprint density at radius 1 is 1.29 bits per heavy atom. The topological polar surface area (TPSA) is 84.3 Å².